The zero-order valence-electron chi connectivity index (χ0n) is 23.4. The van der Waals surface area contributed by atoms with Gasteiger partial charge in [0.1, 0.15) is 29.5 Å². The third-order valence-corrected chi connectivity index (χ3v) is 7.62. The Hall–Kier alpha value is -2.83. The van der Waals surface area contributed by atoms with Crippen LogP contribution in [0.4, 0.5) is 0 Å². The van der Waals surface area contributed by atoms with Gasteiger partial charge in [-0.3, -0.25) is 9.59 Å². The highest BCUT2D eigenvalue weighted by Crippen LogP contribution is 2.31. The predicted octanol–water partition coefficient (Wildman–Crippen LogP) is 3.34. The number of halogens is 1. The van der Waals surface area contributed by atoms with Crippen LogP contribution in [0.15, 0.2) is 54.1 Å². The molecule has 3 N–H and O–H groups in total. The second kappa shape index (κ2) is 15.2. The normalized spacial score (nSPS) is 18.6. The summed E-state index contributed by atoms with van der Waals surface area (Å²) in [5.41, 5.74) is 1.25. The fourth-order valence-electron chi connectivity index (χ4n) is 4.73. The number of hydrogen-bond acceptors (Lipinski definition) is 7. The Morgan fingerprint density at radius 3 is 2.52 bits per heavy atom. The van der Waals surface area contributed by atoms with Crippen molar-refractivity contribution in [3.8, 4) is 17.2 Å². The van der Waals surface area contributed by atoms with Crippen LogP contribution >= 0.6 is 22.6 Å². The molecule has 0 aliphatic heterocycles. The minimum Gasteiger partial charge on any atom is -0.497 e. The summed E-state index contributed by atoms with van der Waals surface area (Å²) >= 11 is 2.15. The van der Waals surface area contributed by atoms with Crippen molar-refractivity contribution in [2.45, 2.75) is 51.4 Å². The van der Waals surface area contributed by atoms with Gasteiger partial charge in [0.05, 0.1) is 30.4 Å². The Balaban J connectivity index is 1.97. The van der Waals surface area contributed by atoms with Gasteiger partial charge < -0.3 is 34.6 Å². The number of aliphatic hydroxyl groups excluding tert-OH is 2. The van der Waals surface area contributed by atoms with Gasteiger partial charge in [-0.05, 0) is 76.9 Å². The lowest BCUT2D eigenvalue weighted by atomic mass is 9.87. The van der Waals surface area contributed by atoms with Crippen LogP contribution in [-0.4, -0.2) is 79.1 Å². The molecule has 0 aromatic heterocycles. The van der Waals surface area contributed by atoms with Crippen molar-refractivity contribution in [2.75, 3.05) is 33.9 Å². The first kappa shape index (κ1) is 31.7. The molecule has 0 saturated heterocycles. The fourth-order valence-corrected chi connectivity index (χ4v) is 5.24. The predicted molar refractivity (Wildman–Crippen MR) is 161 cm³/mol. The zero-order chi connectivity index (χ0) is 29.2. The molecule has 0 radical (unpaired) electrons. The summed E-state index contributed by atoms with van der Waals surface area (Å²) in [6.07, 6.45) is 0.539. The zero-order valence-corrected chi connectivity index (χ0v) is 25.6. The largest absolute Gasteiger partial charge is 0.497 e. The summed E-state index contributed by atoms with van der Waals surface area (Å²) in [4.78, 5) is 28.3. The minimum atomic E-state index is -1.09. The lowest BCUT2D eigenvalue weighted by Crippen LogP contribution is -2.55. The minimum absolute atomic E-state index is 0.0944. The van der Waals surface area contributed by atoms with Gasteiger partial charge in [-0.15, -0.1) is 0 Å². The van der Waals surface area contributed by atoms with Crippen LogP contribution in [0.1, 0.15) is 32.3 Å². The fraction of sp³-hybridized carbons (Fsp3) is 0.467. The molecule has 3 rings (SSSR count). The van der Waals surface area contributed by atoms with Crippen molar-refractivity contribution in [2.24, 2.45) is 5.92 Å². The van der Waals surface area contributed by atoms with E-state index in [1.54, 1.807) is 31.3 Å². The number of rotatable bonds is 13. The summed E-state index contributed by atoms with van der Waals surface area (Å²) in [6.45, 7) is 4.12. The van der Waals surface area contributed by atoms with Gasteiger partial charge >= 0.3 is 0 Å². The molecule has 3 unspecified atom stereocenters. The molecule has 40 heavy (non-hydrogen) atoms. The van der Waals surface area contributed by atoms with E-state index >= 15 is 0 Å². The van der Waals surface area contributed by atoms with E-state index in [2.05, 4.69) is 27.9 Å². The van der Waals surface area contributed by atoms with Crippen molar-refractivity contribution >= 4 is 34.4 Å². The molecule has 0 bridgehead atoms. The van der Waals surface area contributed by atoms with Crippen LogP contribution in [0, 0.1) is 9.49 Å². The Bertz CT molecular complexity index is 1190. The van der Waals surface area contributed by atoms with Gasteiger partial charge in [0, 0.05) is 31.5 Å². The van der Waals surface area contributed by atoms with E-state index in [-0.39, 0.29) is 50.3 Å². The summed E-state index contributed by atoms with van der Waals surface area (Å²) in [7, 11) is 3.18. The molecule has 0 spiro atoms. The first-order chi connectivity index (χ1) is 19.2. The molecule has 0 fully saturated rings. The highest BCUT2D eigenvalue weighted by Gasteiger charge is 2.40. The molecule has 9 nitrogen and oxygen atoms in total. The van der Waals surface area contributed by atoms with Crippen LogP contribution in [0.5, 0.6) is 17.2 Å². The van der Waals surface area contributed by atoms with Crippen molar-refractivity contribution in [1.29, 1.82) is 0 Å². The maximum atomic E-state index is 13.6. The highest BCUT2D eigenvalue weighted by atomic mass is 127. The number of nitrogens with one attached hydrogen (secondary N) is 1. The van der Waals surface area contributed by atoms with E-state index in [0.717, 1.165) is 9.13 Å². The number of carbonyl (C=O) groups is 2. The van der Waals surface area contributed by atoms with Gasteiger partial charge in [0.25, 0.3) is 0 Å². The van der Waals surface area contributed by atoms with Crippen molar-refractivity contribution in [3.05, 3.63) is 63.2 Å². The maximum Gasteiger partial charge on any atom is 0.247 e. The van der Waals surface area contributed by atoms with Crippen molar-refractivity contribution in [1.82, 2.24) is 10.2 Å². The quantitative estimate of drug-likeness (QED) is 0.281. The molecule has 10 heteroatoms. The van der Waals surface area contributed by atoms with Crippen LogP contribution in [-0.2, 0) is 16.0 Å². The lowest BCUT2D eigenvalue weighted by molar-refractivity contribution is -0.139. The molecule has 0 heterocycles. The third-order valence-electron chi connectivity index (χ3n) is 6.73. The number of methoxy groups -OCH3 is 2. The highest BCUT2D eigenvalue weighted by molar-refractivity contribution is 14.1. The molecule has 2 aromatic rings. The van der Waals surface area contributed by atoms with Gasteiger partial charge in [0.2, 0.25) is 11.8 Å². The monoisotopic (exact) mass is 666 g/mol. The molecule has 1 aliphatic carbocycles. The lowest BCUT2D eigenvalue weighted by Gasteiger charge is -2.41. The van der Waals surface area contributed by atoms with E-state index in [9.17, 15) is 19.8 Å². The van der Waals surface area contributed by atoms with Gasteiger partial charge in [-0.1, -0.05) is 26.0 Å². The Kier molecular flexibility index (Phi) is 12.1. The Morgan fingerprint density at radius 1 is 1.12 bits per heavy atom. The van der Waals surface area contributed by atoms with E-state index in [1.165, 1.54) is 0 Å². The molecule has 2 amide bonds. The molecule has 1 aliphatic rings. The van der Waals surface area contributed by atoms with Gasteiger partial charge in [0.15, 0.2) is 0 Å². The number of carbonyl (C=O) groups excluding carboxylic acids is 2. The molecule has 3 atom stereocenters. The molecule has 218 valence electrons. The number of hydrogen-bond donors (Lipinski definition) is 3. The van der Waals surface area contributed by atoms with Crippen molar-refractivity contribution < 1.29 is 34.0 Å². The first-order valence-electron chi connectivity index (χ1n) is 13.4. The molecular formula is C30H39IN2O7. The molecular weight excluding hydrogens is 627 g/mol. The second-order valence-electron chi connectivity index (χ2n) is 10.1. The molecule has 2 aromatic carbocycles. The number of aliphatic hydroxyl groups is 2. The SMILES string of the molecule is COc1ccc(OC)c(CCN(C(=O)CC(C)C)C2CC(C(=O)NCCO)=CC(Oc3ccccc3I)C2O)c1. The summed E-state index contributed by atoms with van der Waals surface area (Å²) < 4.78 is 18.0. The van der Waals surface area contributed by atoms with E-state index in [0.29, 0.717) is 29.2 Å². The number of para-hydroxylation sites is 1. The molecule has 0 saturated carbocycles. The number of ether oxygens (including phenoxy) is 3. The summed E-state index contributed by atoms with van der Waals surface area (Å²) in [5, 5.41) is 23.5. The number of nitrogens with zero attached hydrogens (tertiary/aromatic N) is 1. The topological polar surface area (TPSA) is 118 Å². The second-order valence-corrected chi connectivity index (χ2v) is 11.2. The van der Waals surface area contributed by atoms with Crippen molar-refractivity contribution in [3.63, 3.8) is 0 Å². The smallest absolute Gasteiger partial charge is 0.247 e. The Morgan fingerprint density at radius 2 is 1.88 bits per heavy atom. The van der Waals surface area contributed by atoms with Crippen LogP contribution < -0.4 is 19.5 Å². The van der Waals surface area contributed by atoms with Gasteiger partial charge in [-0.25, -0.2) is 0 Å². The average Bonchev–Trinajstić information content (AvgIpc) is 2.94. The van der Waals surface area contributed by atoms with E-state index in [1.807, 2.05) is 50.2 Å². The van der Waals surface area contributed by atoms with E-state index in [4.69, 9.17) is 14.2 Å². The van der Waals surface area contributed by atoms with Gasteiger partial charge in [-0.2, -0.15) is 0 Å². The Labute approximate surface area is 249 Å². The van der Waals surface area contributed by atoms with Crippen LogP contribution in [0.2, 0.25) is 0 Å². The average molecular weight is 667 g/mol. The first-order valence-corrected chi connectivity index (χ1v) is 14.5. The van der Waals surface area contributed by atoms with E-state index < -0.39 is 18.2 Å². The number of amides is 2. The third kappa shape index (κ3) is 8.34. The number of benzene rings is 2. The maximum absolute atomic E-state index is 13.6. The summed E-state index contributed by atoms with van der Waals surface area (Å²) in [6, 6.07) is 12.2. The van der Waals surface area contributed by atoms with Crippen LogP contribution in [0.25, 0.3) is 0 Å². The summed E-state index contributed by atoms with van der Waals surface area (Å²) in [5.74, 6) is 1.53. The standard InChI is InChI=1S/C30H39IN2O7/c1-19(2)15-28(35)33(13-11-20-16-22(38-3)9-10-25(20)39-4)24-17-21(30(37)32-12-14-34)18-27(29(24)36)40-26-8-6-5-7-23(26)31/h5-10,16,18-19,24,27,29,34,36H,11-15,17H2,1-4H3,(H,32,37). The van der Waals surface area contributed by atoms with Crippen LogP contribution in [0.3, 0.4) is 0 Å².